The van der Waals surface area contributed by atoms with Gasteiger partial charge < -0.3 is 15.6 Å². The van der Waals surface area contributed by atoms with Crippen LogP contribution in [0.2, 0.25) is 5.02 Å². The number of nitrogens with two attached hydrogens (primary N) is 1. The summed E-state index contributed by atoms with van der Waals surface area (Å²) in [7, 11) is 1.66. The Labute approximate surface area is 136 Å². The zero-order valence-corrected chi connectivity index (χ0v) is 13.6. The molecule has 0 fully saturated rings. The minimum atomic E-state index is -0.747. The third-order valence-corrected chi connectivity index (χ3v) is 4.18. The van der Waals surface area contributed by atoms with Crippen LogP contribution >= 0.6 is 11.6 Å². The normalized spacial score (nSPS) is 15.1. The lowest BCUT2D eigenvalue weighted by Gasteiger charge is -2.26. The van der Waals surface area contributed by atoms with E-state index in [0.717, 1.165) is 23.3 Å². The number of aliphatic hydroxyl groups is 1. The van der Waals surface area contributed by atoms with Crippen molar-refractivity contribution in [2.45, 2.75) is 25.5 Å². The van der Waals surface area contributed by atoms with Crippen LogP contribution in [0.3, 0.4) is 0 Å². The molecule has 4 heteroatoms. The molecular weight excluding hydrogens is 298 g/mol. The Kier molecular flexibility index (Phi) is 5.83. The van der Waals surface area contributed by atoms with Crippen LogP contribution in [0.1, 0.15) is 24.2 Å². The summed E-state index contributed by atoms with van der Waals surface area (Å²) in [5.41, 5.74) is 8.08. The van der Waals surface area contributed by atoms with E-state index in [0.29, 0.717) is 5.02 Å². The molecule has 0 bridgehead atoms. The third kappa shape index (κ3) is 4.01. The fraction of sp³-hybridized carbons (Fsp3) is 0.333. The molecule has 0 saturated carbocycles. The summed E-state index contributed by atoms with van der Waals surface area (Å²) < 4.78 is 5.37. The van der Waals surface area contributed by atoms with Gasteiger partial charge in [-0.1, -0.05) is 48.9 Å². The lowest BCUT2D eigenvalue weighted by molar-refractivity contribution is 0.121. The second-order valence-corrected chi connectivity index (χ2v) is 6.01. The van der Waals surface area contributed by atoms with Crippen LogP contribution in [-0.4, -0.2) is 18.3 Å². The summed E-state index contributed by atoms with van der Waals surface area (Å²) in [5.74, 6) is 0.934. The monoisotopic (exact) mass is 319 g/mol. The summed E-state index contributed by atoms with van der Waals surface area (Å²) in [4.78, 5) is 0. The highest BCUT2D eigenvalue weighted by atomic mass is 35.5. The molecule has 3 nitrogen and oxygen atoms in total. The van der Waals surface area contributed by atoms with E-state index >= 15 is 0 Å². The predicted octanol–water partition coefficient (Wildman–Crippen LogP) is 3.59. The van der Waals surface area contributed by atoms with Gasteiger partial charge in [-0.3, -0.25) is 0 Å². The number of ether oxygens (including phenoxy) is 1. The molecule has 22 heavy (non-hydrogen) atoms. The van der Waals surface area contributed by atoms with Crippen molar-refractivity contribution in [2.24, 2.45) is 11.7 Å². The third-order valence-electron chi connectivity index (χ3n) is 3.95. The molecular formula is C18H22ClNO2. The highest BCUT2D eigenvalue weighted by molar-refractivity contribution is 6.30. The minimum Gasteiger partial charge on any atom is -0.496 e. The van der Waals surface area contributed by atoms with Gasteiger partial charge in [-0.2, -0.15) is 0 Å². The van der Waals surface area contributed by atoms with Crippen molar-refractivity contribution >= 4 is 11.6 Å². The number of hydrogen-bond donors (Lipinski definition) is 2. The number of hydrogen-bond acceptors (Lipinski definition) is 3. The van der Waals surface area contributed by atoms with Crippen LogP contribution < -0.4 is 10.5 Å². The van der Waals surface area contributed by atoms with Crippen molar-refractivity contribution in [3.8, 4) is 5.75 Å². The number of benzene rings is 2. The van der Waals surface area contributed by atoms with Crippen LogP contribution in [-0.2, 0) is 6.42 Å². The number of methoxy groups -OCH3 is 1. The minimum absolute atomic E-state index is 0.0882. The van der Waals surface area contributed by atoms with Gasteiger partial charge in [-0.25, -0.2) is 0 Å². The van der Waals surface area contributed by atoms with E-state index in [2.05, 4.69) is 0 Å². The molecule has 3 N–H and O–H groups in total. The predicted molar refractivity (Wildman–Crippen MR) is 90.2 cm³/mol. The molecule has 1 unspecified atom stereocenters. The second-order valence-electron chi connectivity index (χ2n) is 5.57. The maximum absolute atomic E-state index is 10.5. The average Bonchev–Trinajstić information content (AvgIpc) is 2.54. The first-order chi connectivity index (χ1) is 10.5. The Morgan fingerprint density at radius 3 is 2.59 bits per heavy atom. The summed E-state index contributed by atoms with van der Waals surface area (Å²) in [6.45, 7) is 2.03. The molecule has 0 aliphatic rings. The Bertz CT molecular complexity index is 618. The van der Waals surface area contributed by atoms with Gasteiger partial charge in [0.2, 0.25) is 0 Å². The molecule has 2 rings (SSSR count). The smallest absolute Gasteiger partial charge is 0.122 e. The van der Waals surface area contributed by atoms with Crippen molar-refractivity contribution < 1.29 is 9.84 Å². The van der Waals surface area contributed by atoms with Gasteiger partial charge in [0.15, 0.2) is 0 Å². The van der Waals surface area contributed by atoms with Gasteiger partial charge in [0.25, 0.3) is 0 Å². The van der Waals surface area contributed by atoms with Gasteiger partial charge in [0, 0.05) is 11.1 Å². The summed E-state index contributed by atoms with van der Waals surface area (Å²) >= 11 is 5.97. The van der Waals surface area contributed by atoms with Crippen LogP contribution in [0.15, 0.2) is 48.5 Å². The molecule has 0 aromatic heterocycles. The molecule has 0 aliphatic heterocycles. The number of rotatable bonds is 6. The van der Waals surface area contributed by atoms with Gasteiger partial charge in [0.1, 0.15) is 5.75 Å². The highest BCUT2D eigenvalue weighted by Gasteiger charge is 2.24. The van der Waals surface area contributed by atoms with E-state index in [1.54, 1.807) is 19.2 Å². The lowest BCUT2D eigenvalue weighted by Crippen LogP contribution is -2.36. The van der Waals surface area contributed by atoms with Gasteiger partial charge in [-0.05, 0) is 41.7 Å². The van der Waals surface area contributed by atoms with Crippen molar-refractivity contribution in [3.05, 3.63) is 64.7 Å². The maximum atomic E-state index is 10.5. The van der Waals surface area contributed by atoms with Crippen LogP contribution in [0.25, 0.3) is 0 Å². The van der Waals surface area contributed by atoms with Gasteiger partial charge in [-0.15, -0.1) is 0 Å². The Morgan fingerprint density at radius 2 is 1.91 bits per heavy atom. The maximum Gasteiger partial charge on any atom is 0.122 e. The van der Waals surface area contributed by atoms with E-state index in [1.807, 2.05) is 43.3 Å². The molecule has 0 amide bonds. The topological polar surface area (TPSA) is 55.5 Å². The van der Waals surface area contributed by atoms with Crippen molar-refractivity contribution in [1.82, 2.24) is 0 Å². The van der Waals surface area contributed by atoms with Crippen LogP contribution in [0.4, 0.5) is 0 Å². The molecule has 2 aromatic carbocycles. The molecule has 0 spiro atoms. The standard InChI is InChI=1S/C18H22ClNO2/c1-12(10-13-6-3-4-9-16(13)22-2)17(20)18(21)14-7-5-8-15(19)11-14/h3-9,11-12,17-18,21H,10,20H2,1-2H3/t12?,17-,18-/m1/s1. The molecule has 0 aliphatic carbocycles. The zero-order valence-electron chi connectivity index (χ0n) is 12.9. The molecule has 3 atom stereocenters. The number of halogens is 1. The second kappa shape index (κ2) is 7.63. The first-order valence-corrected chi connectivity index (χ1v) is 7.71. The first-order valence-electron chi connectivity index (χ1n) is 7.34. The lowest BCUT2D eigenvalue weighted by atomic mass is 9.88. The fourth-order valence-corrected chi connectivity index (χ4v) is 2.78. The van der Waals surface area contributed by atoms with E-state index in [9.17, 15) is 5.11 Å². The molecule has 118 valence electrons. The van der Waals surface area contributed by atoms with Crippen LogP contribution in [0.5, 0.6) is 5.75 Å². The van der Waals surface area contributed by atoms with E-state index < -0.39 is 6.10 Å². The van der Waals surface area contributed by atoms with Gasteiger partial charge >= 0.3 is 0 Å². The van der Waals surface area contributed by atoms with Crippen LogP contribution in [0, 0.1) is 5.92 Å². The summed E-state index contributed by atoms with van der Waals surface area (Å²) in [6.07, 6.45) is -0.00795. The van der Waals surface area contributed by atoms with E-state index in [-0.39, 0.29) is 12.0 Å². The van der Waals surface area contributed by atoms with Crippen molar-refractivity contribution in [1.29, 1.82) is 0 Å². The van der Waals surface area contributed by atoms with Gasteiger partial charge in [0.05, 0.1) is 13.2 Å². The zero-order chi connectivity index (χ0) is 16.1. The molecule has 2 aromatic rings. The molecule has 0 saturated heterocycles. The van der Waals surface area contributed by atoms with Crippen molar-refractivity contribution in [2.75, 3.05) is 7.11 Å². The van der Waals surface area contributed by atoms with E-state index in [4.69, 9.17) is 22.1 Å². The molecule has 0 heterocycles. The first kappa shape index (κ1) is 16.8. The fourth-order valence-electron chi connectivity index (χ4n) is 2.58. The quantitative estimate of drug-likeness (QED) is 0.855. The summed E-state index contributed by atoms with van der Waals surface area (Å²) in [6, 6.07) is 14.7. The average molecular weight is 320 g/mol. The van der Waals surface area contributed by atoms with Crippen molar-refractivity contribution in [3.63, 3.8) is 0 Å². The SMILES string of the molecule is COc1ccccc1CC(C)[C@@H](N)[C@H](O)c1cccc(Cl)c1. The van der Waals surface area contributed by atoms with E-state index in [1.165, 1.54) is 0 Å². The highest BCUT2D eigenvalue weighted by Crippen LogP contribution is 2.27. The molecule has 0 radical (unpaired) electrons. The Morgan fingerprint density at radius 1 is 1.18 bits per heavy atom. The Hall–Kier alpha value is -1.55. The number of para-hydroxylation sites is 1. The summed E-state index contributed by atoms with van der Waals surface area (Å²) in [5, 5.41) is 11.1. The number of aliphatic hydroxyl groups excluding tert-OH is 1. The largest absolute Gasteiger partial charge is 0.496 e. The Balaban J connectivity index is 2.10.